The fourth-order valence-electron chi connectivity index (χ4n) is 1.31. The first-order valence-corrected chi connectivity index (χ1v) is 7.31. The molecule has 0 bridgehead atoms. The molecule has 0 aliphatic carbocycles. The summed E-state index contributed by atoms with van der Waals surface area (Å²) in [6.07, 6.45) is 0. The van der Waals surface area contributed by atoms with E-state index in [2.05, 4.69) is 25.1 Å². The number of nitrogen functional groups attached to an aromatic ring is 1. The van der Waals surface area contributed by atoms with Gasteiger partial charge in [-0.1, -0.05) is 23.1 Å². The number of thioether (sulfide) groups is 1. The van der Waals surface area contributed by atoms with Crippen LogP contribution in [0, 0.1) is 6.92 Å². The first-order valence-electron chi connectivity index (χ1n) is 5.61. The Labute approximate surface area is 119 Å². The van der Waals surface area contributed by atoms with Crippen molar-refractivity contribution in [3.05, 3.63) is 10.8 Å². The summed E-state index contributed by atoms with van der Waals surface area (Å²) >= 11 is 3.12. The summed E-state index contributed by atoms with van der Waals surface area (Å²) in [6, 6.07) is 0. The van der Waals surface area contributed by atoms with Gasteiger partial charge in [0.2, 0.25) is 11.9 Å². The summed E-state index contributed by atoms with van der Waals surface area (Å²) in [5.41, 5.74) is 5.71. The standard InChI is InChI=1S/C10H15N7S2/c1-5(18-10-16-15-6(2)19-10)7-12-8(11)14-9(13-7)17(3)4/h5H,1-4H3,(H2,11,12,13,14). The van der Waals surface area contributed by atoms with Crippen molar-refractivity contribution < 1.29 is 0 Å². The molecule has 0 saturated heterocycles. The highest BCUT2D eigenvalue weighted by atomic mass is 32.2. The van der Waals surface area contributed by atoms with Crippen molar-refractivity contribution in [3.8, 4) is 0 Å². The van der Waals surface area contributed by atoms with Crippen molar-refractivity contribution in [2.24, 2.45) is 0 Å². The van der Waals surface area contributed by atoms with E-state index >= 15 is 0 Å². The van der Waals surface area contributed by atoms with E-state index in [-0.39, 0.29) is 11.2 Å². The molecular formula is C10H15N7S2. The zero-order valence-corrected chi connectivity index (χ0v) is 12.8. The summed E-state index contributed by atoms with van der Waals surface area (Å²) in [5.74, 6) is 1.44. The molecule has 2 N–H and O–H groups in total. The second kappa shape index (κ2) is 5.66. The average Bonchev–Trinajstić information content (AvgIpc) is 2.73. The van der Waals surface area contributed by atoms with E-state index in [1.54, 1.807) is 28.0 Å². The number of hydrogen-bond acceptors (Lipinski definition) is 9. The Morgan fingerprint density at radius 1 is 1.21 bits per heavy atom. The van der Waals surface area contributed by atoms with Gasteiger partial charge < -0.3 is 10.6 Å². The summed E-state index contributed by atoms with van der Waals surface area (Å²) < 4.78 is 0.899. The summed E-state index contributed by atoms with van der Waals surface area (Å²) in [7, 11) is 3.73. The van der Waals surface area contributed by atoms with Gasteiger partial charge in [-0.15, -0.1) is 10.2 Å². The normalized spacial score (nSPS) is 12.4. The van der Waals surface area contributed by atoms with Crippen LogP contribution in [0.4, 0.5) is 11.9 Å². The van der Waals surface area contributed by atoms with Crippen LogP contribution >= 0.6 is 23.1 Å². The molecular weight excluding hydrogens is 282 g/mol. The van der Waals surface area contributed by atoms with Crippen LogP contribution in [0.3, 0.4) is 0 Å². The molecule has 2 aromatic rings. The predicted octanol–water partition coefficient (Wildman–Crippen LogP) is 1.53. The van der Waals surface area contributed by atoms with Gasteiger partial charge in [-0.05, 0) is 13.8 Å². The Morgan fingerprint density at radius 2 is 1.95 bits per heavy atom. The van der Waals surface area contributed by atoms with Gasteiger partial charge in [-0.2, -0.15) is 15.0 Å². The Hall–Kier alpha value is -1.48. The lowest BCUT2D eigenvalue weighted by Gasteiger charge is -2.13. The molecule has 0 spiro atoms. The molecule has 1 unspecified atom stereocenters. The Kier molecular flexibility index (Phi) is 4.15. The number of aryl methyl sites for hydroxylation is 1. The summed E-state index contributed by atoms with van der Waals surface area (Å²) in [5, 5.41) is 9.05. The lowest BCUT2D eigenvalue weighted by Crippen LogP contribution is -2.16. The van der Waals surface area contributed by atoms with Gasteiger partial charge in [-0.25, -0.2) is 0 Å². The number of nitrogens with two attached hydrogens (primary N) is 1. The maximum absolute atomic E-state index is 5.71. The maximum atomic E-state index is 5.71. The van der Waals surface area contributed by atoms with Crippen LogP contribution in [0.5, 0.6) is 0 Å². The molecule has 0 amide bonds. The first-order chi connectivity index (χ1) is 8.95. The predicted molar refractivity (Wildman–Crippen MR) is 77.5 cm³/mol. The molecule has 0 aliphatic rings. The molecule has 2 rings (SSSR count). The highest BCUT2D eigenvalue weighted by Crippen LogP contribution is 2.35. The van der Waals surface area contributed by atoms with Gasteiger partial charge in [0.25, 0.3) is 0 Å². The van der Waals surface area contributed by atoms with Crippen LogP contribution in [0.25, 0.3) is 0 Å². The molecule has 102 valence electrons. The highest BCUT2D eigenvalue weighted by molar-refractivity contribution is 8.01. The third kappa shape index (κ3) is 3.51. The lowest BCUT2D eigenvalue weighted by atomic mass is 10.4. The highest BCUT2D eigenvalue weighted by Gasteiger charge is 2.16. The molecule has 0 aromatic carbocycles. The fraction of sp³-hybridized carbons (Fsp3) is 0.500. The minimum Gasteiger partial charge on any atom is -0.368 e. The van der Waals surface area contributed by atoms with Crippen LogP contribution in [0.15, 0.2) is 4.34 Å². The molecule has 2 aromatic heterocycles. The van der Waals surface area contributed by atoms with Crippen molar-refractivity contribution >= 4 is 35.0 Å². The Balaban J connectivity index is 2.20. The van der Waals surface area contributed by atoms with E-state index in [0.717, 1.165) is 9.35 Å². The van der Waals surface area contributed by atoms with Gasteiger partial charge in [0.15, 0.2) is 4.34 Å². The van der Waals surface area contributed by atoms with Crippen molar-refractivity contribution in [2.75, 3.05) is 24.7 Å². The number of nitrogens with zero attached hydrogens (tertiary/aromatic N) is 6. The fourth-order valence-corrected chi connectivity index (χ4v) is 3.31. The smallest absolute Gasteiger partial charge is 0.229 e. The first kappa shape index (κ1) is 13.9. The van der Waals surface area contributed by atoms with E-state index in [1.807, 2.05) is 27.9 Å². The lowest BCUT2D eigenvalue weighted by molar-refractivity contribution is 0.862. The van der Waals surface area contributed by atoms with E-state index in [4.69, 9.17) is 5.73 Å². The minimum absolute atomic E-state index is 0.0383. The molecule has 1 atom stereocenters. The van der Waals surface area contributed by atoms with Crippen LogP contribution < -0.4 is 10.6 Å². The number of rotatable bonds is 4. The van der Waals surface area contributed by atoms with E-state index < -0.39 is 0 Å². The molecule has 0 fully saturated rings. The van der Waals surface area contributed by atoms with Gasteiger partial charge >= 0.3 is 0 Å². The number of aromatic nitrogens is 5. The molecule has 0 radical (unpaired) electrons. The van der Waals surface area contributed by atoms with Crippen molar-refractivity contribution in [3.63, 3.8) is 0 Å². The van der Waals surface area contributed by atoms with Crippen LogP contribution in [-0.2, 0) is 0 Å². The van der Waals surface area contributed by atoms with Crippen LogP contribution in [-0.4, -0.2) is 39.2 Å². The zero-order chi connectivity index (χ0) is 14.0. The summed E-state index contributed by atoms with van der Waals surface area (Å²) in [6.45, 7) is 3.94. The maximum Gasteiger partial charge on any atom is 0.229 e. The minimum atomic E-state index is 0.0383. The topological polar surface area (TPSA) is 93.7 Å². The molecule has 0 aliphatic heterocycles. The molecule has 7 nitrogen and oxygen atoms in total. The molecule has 2 heterocycles. The van der Waals surface area contributed by atoms with Crippen LogP contribution in [0.2, 0.25) is 0 Å². The molecule has 19 heavy (non-hydrogen) atoms. The third-order valence-electron chi connectivity index (χ3n) is 2.21. The van der Waals surface area contributed by atoms with Gasteiger partial charge in [0.1, 0.15) is 10.8 Å². The van der Waals surface area contributed by atoms with Crippen molar-refractivity contribution in [1.29, 1.82) is 0 Å². The second-order valence-electron chi connectivity index (χ2n) is 4.09. The van der Waals surface area contributed by atoms with Crippen molar-refractivity contribution in [2.45, 2.75) is 23.4 Å². The van der Waals surface area contributed by atoms with Crippen LogP contribution in [0.1, 0.15) is 23.0 Å². The number of hydrogen-bond donors (Lipinski definition) is 1. The van der Waals surface area contributed by atoms with E-state index in [0.29, 0.717) is 11.8 Å². The SMILES string of the molecule is Cc1nnc(SC(C)c2nc(N)nc(N(C)C)n2)s1. The Bertz CT molecular complexity index is 569. The van der Waals surface area contributed by atoms with E-state index in [9.17, 15) is 0 Å². The Morgan fingerprint density at radius 3 is 2.53 bits per heavy atom. The second-order valence-corrected chi connectivity index (χ2v) is 6.86. The van der Waals surface area contributed by atoms with Crippen molar-refractivity contribution in [1.82, 2.24) is 25.1 Å². The summed E-state index contributed by atoms with van der Waals surface area (Å²) in [4.78, 5) is 14.5. The van der Waals surface area contributed by atoms with Gasteiger partial charge in [0.05, 0.1) is 5.25 Å². The zero-order valence-electron chi connectivity index (χ0n) is 11.2. The van der Waals surface area contributed by atoms with Gasteiger partial charge in [0, 0.05) is 14.1 Å². The molecule has 9 heteroatoms. The van der Waals surface area contributed by atoms with E-state index in [1.165, 1.54) is 0 Å². The monoisotopic (exact) mass is 297 g/mol. The average molecular weight is 297 g/mol. The van der Waals surface area contributed by atoms with Gasteiger partial charge in [-0.3, -0.25) is 0 Å². The number of anilines is 2. The third-order valence-corrected chi connectivity index (χ3v) is 4.23. The molecule has 0 saturated carbocycles. The largest absolute Gasteiger partial charge is 0.368 e. The quantitative estimate of drug-likeness (QED) is 0.849.